The van der Waals surface area contributed by atoms with Crippen LogP contribution >= 0.6 is 6.64 Å². The number of nitro benzene ring substituents is 1. The van der Waals surface area contributed by atoms with Crippen molar-refractivity contribution in [3.8, 4) is 17.2 Å². The fraction of sp³-hybridized carbons (Fsp3) is 0.455. The molecule has 1 aliphatic heterocycles. The summed E-state index contributed by atoms with van der Waals surface area (Å²) in [4.78, 5) is 20.5. The minimum absolute atomic E-state index is 0.128. The van der Waals surface area contributed by atoms with Gasteiger partial charge in [-0.1, -0.05) is 0 Å². The van der Waals surface area contributed by atoms with E-state index in [4.69, 9.17) is 25.8 Å². The molecule has 21 heavy (non-hydrogen) atoms. The molecule has 0 aliphatic carbocycles. The molecular formula is C11H15N2O6PS. The molecule has 2 N–H and O–H groups in total. The van der Waals surface area contributed by atoms with Crippen LogP contribution in [0.15, 0.2) is 12.1 Å². The lowest BCUT2D eigenvalue weighted by atomic mass is 10.2. The molecule has 1 heterocycles. The average molecular weight is 334 g/mol. The summed E-state index contributed by atoms with van der Waals surface area (Å²) >= 11 is 4.94. The molecule has 0 radical (unpaired) electrons. The number of hydrogen-bond donors (Lipinski definition) is 2. The van der Waals surface area contributed by atoms with E-state index in [1.807, 2.05) is 0 Å². The Labute approximate surface area is 126 Å². The Bertz CT molecular complexity index is 609. The summed E-state index contributed by atoms with van der Waals surface area (Å²) in [6, 6.07) is 2.39. The zero-order chi connectivity index (χ0) is 15.6. The molecule has 0 bridgehead atoms. The quantitative estimate of drug-likeness (QED) is 0.478. The number of nitrogens with one attached hydrogen (secondary N) is 1. The Kier molecular flexibility index (Phi) is 4.67. The van der Waals surface area contributed by atoms with Gasteiger partial charge in [-0.2, -0.15) is 0 Å². The van der Waals surface area contributed by atoms with Crippen LogP contribution in [0.3, 0.4) is 0 Å². The fourth-order valence-corrected chi connectivity index (χ4v) is 3.75. The Hall–Kier alpha value is -1.41. The van der Waals surface area contributed by atoms with Crippen molar-refractivity contribution in [3.63, 3.8) is 0 Å². The number of rotatable bonds is 5. The van der Waals surface area contributed by atoms with Gasteiger partial charge in [-0.3, -0.25) is 10.1 Å². The van der Waals surface area contributed by atoms with Crippen LogP contribution in [0.25, 0.3) is 0 Å². The van der Waals surface area contributed by atoms with Crippen molar-refractivity contribution >= 4 is 24.1 Å². The third-order valence-electron chi connectivity index (χ3n) is 2.46. The van der Waals surface area contributed by atoms with E-state index in [2.05, 4.69) is 5.09 Å². The molecule has 0 saturated carbocycles. The Morgan fingerprint density at radius 3 is 2.52 bits per heavy atom. The van der Waals surface area contributed by atoms with Gasteiger partial charge in [0.25, 0.3) is 0 Å². The number of fused-ring (bicyclic) bond motifs is 1. The topological polar surface area (TPSA) is 103 Å². The molecule has 1 aliphatic rings. The lowest BCUT2D eigenvalue weighted by Crippen LogP contribution is -2.22. The van der Waals surface area contributed by atoms with Gasteiger partial charge in [0.1, 0.15) is 13.2 Å². The first-order valence-corrected chi connectivity index (χ1v) is 8.84. The second kappa shape index (κ2) is 6.15. The maximum Gasteiger partial charge on any atom is 0.315 e. The van der Waals surface area contributed by atoms with Crippen LogP contribution in [0, 0.1) is 10.1 Å². The summed E-state index contributed by atoms with van der Waals surface area (Å²) in [7, 11) is 0. The highest BCUT2D eigenvalue weighted by Gasteiger charge is 2.27. The Morgan fingerprint density at radius 1 is 1.43 bits per heavy atom. The number of nitrogens with zero attached hydrogens (tertiary/aromatic N) is 1. The molecule has 0 amide bonds. The predicted molar refractivity (Wildman–Crippen MR) is 79.5 cm³/mol. The van der Waals surface area contributed by atoms with E-state index in [1.165, 1.54) is 12.1 Å². The summed E-state index contributed by atoms with van der Waals surface area (Å²) in [6.07, 6.45) is 0. The van der Waals surface area contributed by atoms with E-state index in [9.17, 15) is 15.0 Å². The van der Waals surface area contributed by atoms with Crippen LogP contribution in [-0.4, -0.2) is 29.1 Å². The fourth-order valence-electron chi connectivity index (χ4n) is 1.76. The monoisotopic (exact) mass is 334 g/mol. The summed E-state index contributed by atoms with van der Waals surface area (Å²) in [5.74, 6) is 0.438. The highest BCUT2D eigenvalue weighted by atomic mass is 32.5. The predicted octanol–water partition coefficient (Wildman–Crippen LogP) is 1.96. The molecule has 10 heteroatoms. The van der Waals surface area contributed by atoms with E-state index in [-0.39, 0.29) is 23.2 Å². The molecule has 1 atom stereocenters. The van der Waals surface area contributed by atoms with Crippen LogP contribution in [0.1, 0.15) is 13.8 Å². The van der Waals surface area contributed by atoms with Gasteiger partial charge in [0.15, 0.2) is 11.5 Å². The van der Waals surface area contributed by atoms with Crippen molar-refractivity contribution in [1.82, 2.24) is 5.09 Å². The van der Waals surface area contributed by atoms with Gasteiger partial charge in [0, 0.05) is 12.1 Å². The average Bonchev–Trinajstić information content (AvgIpc) is 2.35. The maximum absolute atomic E-state index is 11.1. The first kappa shape index (κ1) is 16.0. The van der Waals surface area contributed by atoms with Crippen molar-refractivity contribution in [2.75, 3.05) is 13.2 Å². The molecule has 0 fully saturated rings. The van der Waals surface area contributed by atoms with Gasteiger partial charge in [0.05, 0.1) is 11.0 Å². The van der Waals surface area contributed by atoms with Gasteiger partial charge in [-0.05, 0) is 25.7 Å². The van der Waals surface area contributed by atoms with Crippen LogP contribution < -0.4 is 19.1 Å². The zero-order valence-corrected chi connectivity index (χ0v) is 13.1. The molecule has 8 nitrogen and oxygen atoms in total. The smallest absolute Gasteiger partial charge is 0.315 e. The van der Waals surface area contributed by atoms with E-state index in [0.29, 0.717) is 19.0 Å². The summed E-state index contributed by atoms with van der Waals surface area (Å²) < 4.78 is 15.9. The van der Waals surface area contributed by atoms with Gasteiger partial charge in [-0.25, -0.2) is 5.09 Å². The summed E-state index contributed by atoms with van der Waals surface area (Å²) in [5.41, 5.74) is -0.340. The molecule has 0 aromatic heterocycles. The van der Waals surface area contributed by atoms with Crippen molar-refractivity contribution in [1.29, 1.82) is 0 Å². The Morgan fingerprint density at radius 2 is 2.00 bits per heavy atom. The minimum atomic E-state index is -3.39. The van der Waals surface area contributed by atoms with Gasteiger partial charge in [0.2, 0.25) is 5.75 Å². The van der Waals surface area contributed by atoms with Crippen LogP contribution in [-0.2, 0) is 11.8 Å². The normalized spacial score (nSPS) is 16.4. The molecule has 1 aromatic rings. The molecule has 116 valence electrons. The third-order valence-corrected chi connectivity index (χ3v) is 4.29. The minimum Gasteiger partial charge on any atom is -0.486 e. The highest BCUT2D eigenvalue weighted by Crippen LogP contribution is 2.47. The number of hydrogen-bond acceptors (Lipinski definition) is 6. The van der Waals surface area contributed by atoms with Crippen molar-refractivity contribution in [3.05, 3.63) is 22.2 Å². The van der Waals surface area contributed by atoms with E-state index in [0.717, 1.165) is 0 Å². The Balaban J connectivity index is 2.37. The van der Waals surface area contributed by atoms with Crippen LogP contribution in [0.4, 0.5) is 5.69 Å². The van der Waals surface area contributed by atoms with E-state index in [1.54, 1.807) is 13.8 Å². The van der Waals surface area contributed by atoms with E-state index < -0.39 is 11.6 Å². The third kappa shape index (κ3) is 4.04. The van der Waals surface area contributed by atoms with Gasteiger partial charge in [-0.15, -0.1) is 0 Å². The van der Waals surface area contributed by atoms with Crippen molar-refractivity contribution in [2.24, 2.45) is 0 Å². The molecule has 0 spiro atoms. The molecule has 1 aromatic carbocycles. The number of benzene rings is 1. The first-order valence-electron chi connectivity index (χ1n) is 6.17. The van der Waals surface area contributed by atoms with Gasteiger partial charge >= 0.3 is 12.3 Å². The van der Waals surface area contributed by atoms with E-state index >= 15 is 0 Å². The van der Waals surface area contributed by atoms with Gasteiger partial charge < -0.3 is 18.9 Å². The summed E-state index contributed by atoms with van der Waals surface area (Å²) in [5, 5.41) is 13.8. The number of nitro groups is 1. The summed E-state index contributed by atoms with van der Waals surface area (Å²) in [6.45, 7) is 0.815. The lowest BCUT2D eigenvalue weighted by molar-refractivity contribution is -0.385. The SMILES string of the molecule is CC(C)NP(O)(=S)Oc1cc2c(cc1[N+](=O)[O-])OCCO2. The first-order chi connectivity index (χ1) is 9.78. The second-order valence-electron chi connectivity index (χ2n) is 4.62. The number of ether oxygens (including phenoxy) is 2. The van der Waals surface area contributed by atoms with Crippen LogP contribution in [0.2, 0.25) is 0 Å². The highest BCUT2D eigenvalue weighted by molar-refractivity contribution is 8.08. The largest absolute Gasteiger partial charge is 0.486 e. The molecular weight excluding hydrogens is 319 g/mol. The second-order valence-corrected chi connectivity index (χ2v) is 7.58. The van der Waals surface area contributed by atoms with Crippen LogP contribution in [0.5, 0.6) is 17.2 Å². The maximum atomic E-state index is 11.1. The molecule has 0 saturated heterocycles. The molecule has 2 rings (SSSR count). The zero-order valence-electron chi connectivity index (χ0n) is 11.4. The van der Waals surface area contributed by atoms with Crippen molar-refractivity contribution < 1.29 is 23.8 Å². The molecule has 1 unspecified atom stereocenters. The lowest BCUT2D eigenvalue weighted by Gasteiger charge is -2.22. The van der Waals surface area contributed by atoms with Crippen molar-refractivity contribution in [2.45, 2.75) is 19.9 Å². The standard InChI is InChI=1S/C11H15N2O6PS/c1-7(2)12-20(16,21)19-9-6-11-10(17-3-4-18-11)5-8(9)13(14)15/h5-7H,3-4H2,1-2H3,(H2,12,16,21).